The van der Waals surface area contributed by atoms with Crippen molar-refractivity contribution in [3.63, 3.8) is 0 Å². The van der Waals surface area contributed by atoms with Gasteiger partial charge in [0.05, 0.1) is 11.4 Å². The number of nitrogens with zero attached hydrogens (tertiary/aromatic N) is 2. The van der Waals surface area contributed by atoms with Gasteiger partial charge in [0.15, 0.2) is 5.82 Å². The molecule has 0 saturated heterocycles. The smallest absolute Gasteiger partial charge is 0.160 e. The minimum atomic E-state index is -0.116. The molecule has 2 heteroatoms. The molecule has 0 N–H and O–H groups in total. The largest absolute Gasteiger partial charge is 0.228 e. The van der Waals surface area contributed by atoms with Gasteiger partial charge in [-0.05, 0) is 101 Å². The average molecular weight is 727 g/mol. The fourth-order valence-electron chi connectivity index (χ4n) is 9.11. The highest BCUT2D eigenvalue weighted by Gasteiger charge is 2.36. The third kappa shape index (κ3) is 5.48. The Hall–Kier alpha value is -7.16. The summed E-state index contributed by atoms with van der Waals surface area (Å²) in [7, 11) is 0. The fourth-order valence-corrected chi connectivity index (χ4v) is 9.11. The van der Waals surface area contributed by atoms with Gasteiger partial charge in [-0.3, -0.25) is 0 Å². The summed E-state index contributed by atoms with van der Waals surface area (Å²) in [6.45, 7) is 4.74. The van der Waals surface area contributed by atoms with Crippen LogP contribution in [0.15, 0.2) is 194 Å². The molecule has 0 saturated carbocycles. The standard InChI is InChI=1S/C55H38N2/c1-55(2)50-33-41(27-28-46(50)49-31-39-16-6-7-17-40(39)32-51(49)55)43-29-30-48(45-21-11-10-20-44(43)45)53-34-52(47-22-12-18-37-15-8-9-19-42(37)47)56-54(57-53)38-25-23-36(24-26-38)35-13-4-3-5-14-35/h3-34H,1-2H3. The van der Waals surface area contributed by atoms with Crippen LogP contribution in [0.1, 0.15) is 25.0 Å². The Bertz CT molecular complexity index is 3190. The van der Waals surface area contributed by atoms with E-state index >= 15 is 0 Å². The van der Waals surface area contributed by atoms with Crippen molar-refractivity contribution < 1.29 is 0 Å². The first-order valence-corrected chi connectivity index (χ1v) is 19.7. The van der Waals surface area contributed by atoms with Gasteiger partial charge in [-0.2, -0.15) is 0 Å². The number of hydrogen-bond acceptors (Lipinski definition) is 2. The van der Waals surface area contributed by atoms with Crippen molar-refractivity contribution in [1.82, 2.24) is 9.97 Å². The van der Waals surface area contributed by atoms with E-state index in [2.05, 4.69) is 208 Å². The van der Waals surface area contributed by atoms with Gasteiger partial charge >= 0.3 is 0 Å². The molecule has 1 heterocycles. The summed E-state index contributed by atoms with van der Waals surface area (Å²) in [5.74, 6) is 0.705. The maximum absolute atomic E-state index is 5.34. The monoisotopic (exact) mass is 726 g/mol. The Morgan fingerprint density at radius 2 is 0.825 bits per heavy atom. The van der Waals surface area contributed by atoms with E-state index in [-0.39, 0.29) is 5.41 Å². The van der Waals surface area contributed by atoms with Gasteiger partial charge in [-0.25, -0.2) is 9.97 Å². The second kappa shape index (κ2) is 13.0. The van der Waals surface area contributed by atoms with Crippen LogP contribution < -0.4 is 0 Å². The quantitative estimate of drug-likeness (QED) is 0.176. The van der Waals surface area contributed by atoms with E-state index < -0.39 is 0 Å². The van der Waals surface area contributed by atoms with E-state index in [4.69, 9.17) is 9.97 Å². The zero-order valence-electron chi connectivity index (χ0n) is 31.9. The molecule has 0 fully saturated rings. The van der Waals surface area contributed by atoms with Crippen LogP contribution in [0.5, 0.6) is 0 Å². The van der Waals surface area contributed by atoms with Crippen molar-refractivity contribution in [3.05, 3.63) is 205 Å². The van der Waals surface area contributed by atoms with Crippen LogP contribution in [0.3, 0.4) is 0 Å². The minimum Gasteiger partial charge on any atom is -0.228 e. The van der Waals surface area contributed by atoms with Crippen LogP contribution in [-0.2, 0) is 5.41 Å². The second-order valence-corrected chi connectivity index (χ2v) is 15.8. The Kier molecular flexibility index (Phi) is 7.55. The van der Waals surface area contributed by atoms with Gasteiger partial charge in [-0.1, -0.05) is 184 Å². The maximum Gasteiger partial charge on any atom is 0.160 e. The molecule has 1 aliphatic carbocycles. The van der Waals surface area contributed by atoms with E-state index in [9.17, 15) is 0 Å². The van der Waals surface area contributed by atoms with E-state index in [0.29, 0.717) is 5.82 Å². The average Bonchev–Trinajstić information content (AvgIpc) is 3.49. The van der Waals surface area contributed by atoms with Crippen molar-refractivity contribution in [2.75, 3.05) is 0 Å². The Morgan fingerprint density at radius 1 is 0.316 bits per heavy atom. The van der Waals surface area contributed by atoms with Crippen molar-refractivity contribution >= 4 is 32.3 Å². The highest BCUT2D eigenvalue weighted by molar-refractivity contribution is 6.06. The molecular weight excluding hydrogens is 689 g/mol. The van der Waals surface area contributed by atoms with Crippen LogP contribution in [0, 0.1) is 0 Å². The number of fused-ring (bicyclic) bond motifs is 6. The Balaban J connectivity index is 1.06. The van der Waals surface area contributed by atoms with Gasteiger partial charge < -0.3 is 0 Å². The first-order chi connectivity index (χ1) is 28.0. The highest BCUT2D eigenvalue weighted by atomic mass is 14.9. The summed E-state index contributed by atoms with van der Waals surface area (Å²) >= 11 is 0. The lowest BCUT2D eigenvalue weighted by Crippen LogP contribution is -2.15. The summed E-state index contributed by atoms with van der Waals surface area (Å²) in [6, 6.07) is 70.2. The molecule has 0 spiro atoms. The Labute approximate surface area is 332 Å². The van der Waals surface area contributed by atoms with Crippen LogP contribution in [0.4, 0.5) is 0 Å². The van der Waals surface area contributed by atoms with Crippen molar-refractivity contribution in [3.8, 4) is 67.3 Å². The van der Waals surface area contributed by atoms with Crippen LogP contribution in [0.25, 0.3) is 99.6 Å². The SMILES string of the molecule is CC1(C)c2cc(-c3ccc(-c4cc(-c5cccc6ccccc56)nc(-c5ccc(-c6ccccc6)cc5)n4)c4ccccc34)ccc2-c2cc3ccccc3cc21. The number of benzene rings is 9. The molecule has 0 amide bonds. The van der Waals surface area contributed by atoms with Crippen LogP contribution in [0.2, 0.25) is 0 Å². The molecule has 268 valence electrons. The predicted octanol–water partition coefficient (Wildman–Crippen LogP) is 14.6. The zero-order valence-corrected chi connectivity index (χ0v) is 31.9. The normalized spacial score (nSPS) is 12.9. The zero-order chi connectivity index (χ0) is 38.1. The number of rotatable bonds is 5. The van der Waals surface area contributed by atoms with E-state index in [0.717, 1.165) is 33.5 Å². The molecule has 57 heavy (non-hydrogen) atoms. The first-order valence-electron chi connectivity index (χ1n) is 19.7. The molecule has 0 atom stereocenters. The van der Waals surface area contributed by atoms with Gasteiger partial charge in [0, 0.05) is 22.1 Å². The summed E-state index contributed by atoms with van der Waals surface area (Å²) in [5.41, 5.74) is 15.1. The van der Waals surface area contributed by atoms with Crippen molar-refractivity contribution in [2.24, 2.45) is 0 Å². The van der Waals surface area contributed by atoms with E-state index in [1.807, 2.05) is 0 Å². The lowest BCUT2D eigenvalue weighted by Gasteiger charge is -2.22. The lowest BCUT2D eigenvalue weighted by molar-refractivity contribution is 0.661. The number of aromatic nitrogens is 2. The van der Waals surface area contributed by atoms with Gasteiger partial charge in [0.25, 0.3) is 0 Å². The summed E-state index contributed by atoms with van der Waals surface area (Å²) in [6.07, 6.45) is 0. The lowest BCUT2D eigenvalue weighted by atomic mass is 9.81. The third-order valence-corrected chi connectivity index (χ3v) is 12.1. The number of hydrogen-bond donors (Lipinski definition) is 0. The molecule has 9 aromatic carbocycles. The summed E-state index contributed by atoms with van der Waals surface area (Å²) in [5, 5.41) is 7.30. The molecule has 1 aliphatic rings. The molecule has 0 radical (unpaired) electrons. The van der Waals surface area contributed by atoms with Gasteiger partial charge in [-0.15, -0.1) is 0 Å². The molecule has 10 aromatic rings. The maximum atomic E-state index is 5.34. The minimum absolute atomic E-state index is 0.116. The van der Waals surface area contributed by atoms with Crippen LogP contribution >= 0.6 is 0 Å². The van der Waals surface area contributed by atoms with Crippen molar-refractivity contribution in [2.45, 2.75) is 19.3 Å². The predicted molar refractivity (Wildman–Crippen MR) is 239 cm³/mol. The molecule has 0 aliphatic heterocycles. The molecular formula is C55H38N2. The molecule has 11 rings (SSSR count). The summed E-state index contributed by atoms with van der Waals surface area (Å²) < 4.78 is 0. The molecule has 0 unspecified atom stereocenters. The van der Waals surface area contributed by atoms with E-state index in [1.54, 1.807) is 0 Å². The fraction of sp³-hybridized carbons (Fsp3) is 0.0545. The molecule has 1 aromatic heterocycles. The van der Waals surface area contributed by atoms with Gasteiger partial charge in [0.2, 0.25) is 0 Å². The topological polar surface area (TPSA) is 25.8 Å². The van der Waals surface area contributed by atoms with Crippen LogP contribution in [-0.4, -0.2) is 9.97 Å². The Morgan fingerprint density at radius 3 is 1.58 bits per heavy atom. The second-order valence-electron chi connectivity index (χ2n) is 15.8. The highest BCUT2D eigenvalue weighted by Crippen LogP contribution is 2.51. The molecule has 0 bridgehead atoms. The van der Waals surface area contributed by atoms with E-state index in [1.165, 1.54) is 71.4 Å². The first kappa shape index (κ1) is 33.2. The molecule has 2 nitrogen and oxygen atoms in total. The van der Waals surface area contributed by atoms with Crippen molar-refractivity contribution in [1.29, 1.82) is 0 Å². The summed E-state index contributed by atoms with van der Waals surface area (Å²) in [4.78, 5) is 10.6. The van der Waals surface area contributed by atoms with Gasteiger partial charge in [0.1, 0.15) is 0 Å². The third-order valence-electron chi connectivity index (χ3n) is 12.1.